The van der Waals surface area contributed by atoms with E-state index < -0.39 is 0 Å². The van der Waals surface area contributed by atoms with Gasteiger partial charge in [0.15, 0.2) is 0 Å². The van der Waals surface area contributed by atoms with Crippen LogP contribution in [0.1, 0.15) is 43.9 Å². The Morgan fingerprint density at radius 2 is 2.05 bits per heavy atom. The summed E-state index contributed by atoms with van der Waals surface area (Å²) in [6, 6.07) is 10.1. The minimum atomic E-state index is 0.572. The van der Waals surface area contributed by atoms with Gasteiger partial charge in [-0.05, 0) is 70.8 Å². The van der Waals surface area contributed by atoms with Crippen LogP contribution in [-0.4, -0.2) is 31.1 Å². The molecule has 0 amide bonds. The Kier molecular flexibility index (Phi) is 5.00. The summed E-state index contributed by atoms with van der Waals surface area (Å²) in [5, 5.41) is 3.39. The van der Waals surface area contributed by atoms with Gasteiger partial charge in [-0.1, -0.05) is 24.3 Å². The summed E-state index contributed by atoms with van der Waals surface area (Å²) in [5.41, 5.74) is 2.96. The summed E-state index contributed by atoms with van der Waals surface area (Å²) in [4.78, 5) is 2.69. The first-order chi connectivity index (χ1) is 9.15. The van der Waals surface area contributed by atoms with Gasteiger partial charge in [0.05, 0.1) is 0 Å². The smallest absolute Gasteiger partial charge is 0.0393 e. The molecular weight excluding hydrogens is 232 g/mol. The van der Waals surface area contributed by atoms with Crippen molar-refractivity contribution in [3.8, 4) is 0 Å². The fourth-order valence-corrected chi connectivity index (χ4v) is 3.51. The van der Waals surface area contributed by atoms with Crippen LogP contribution in [0.4, 0.5) is 0 Å². The van der Waals surface area contributed by atoms with Gasteiger partial charge >= 0.3 is 0 Å². The molecule has 2 unspecified atom stereocenters. The van der Waals surface area contributed by atoms with Crippen LogP contribution < -0.4 is 5.32 Å². The number of benzene rings is 1. The molecule has 1 aliphatic heterocycles. The molecule has 19 heavy (non-hydrogen) atoms. The third-order valence-electron chi connectivity index (χ3n) is 4.43. The van der Waals surface area contributed by atoms with Gasteiger partial charge in [0, 0.05) is 12.1 Å². The highest BCUT2D eigenvalue weighted by molar-refractivity contribution is 5.30. The normalized spacial score (nSPS) is 24.9. The van der Waals surface area contributed by atoms with Crippen molar-refractivity contribution in [2.45, 2.75) is 45.7 Å². The van der Waals surface area contributed by atoms with E-state index in [-0.39, 0.29) is 0 Å². The first kappa shape index (κ1) is 14.5. The van der Waals surface area contributed by atoms with Crippen LogP contribution in [-0.2, 0) is 0 Å². The van der Waals surface area contributed by atoms with Gasteiger partial charge in [0.1, 0.15) is 0 Å². The zero-order valence-corrected chi connectivity index (χ0v) is 12.8. The molecule has 1 aliphatic rings. The maximum atomic E-state index is 3.39. The summed E-state index contributed by atoms with van der Waals surface area (Å²) in [7, 11) is 2.07. The molecule has 0 spiro atoms. The van der Waals surface area contributed by atoms with E-state index in [4.69, 9.17) is 0 Å². The second-order valence-electron chi connectivity index (χ2n) is 6.09. The van der Waals surface area contributed by atoms with Gasteiger partial charge in [0.2, 0.25) is 0 Å². The predicted molar refractivity (Wildman–Crippen MR) is 82.4 cm³/mol. The molecule has 2 rings (SSSR count). The third-order valence-corrected chi connectivity index (χ3v) is 4.43. The number of hydrogen-bond acceptors (Lipinski definition) is 2. The van der Waals surface area contributed by atoms with Crippen molar-refractivity contribution < 1.29 is 0 Å². The molecule has 0 bridgehead atoms. The Morgan fingerprint density at radius 3 is 2.68 bits per heavy atom. The van der Waals surface area contributed by atoms with E-state index in [0.717, 1.165) is 12.5 Å². The van der Waals surface area contributed by atoms with Crippen LogP contribution in [0.5, 0.6) is 0 Å². The maximum Gasteiger partial charge on any atom is 0.0393 e. The van der Waals surface area contributed by atoms with E-state index >= 15 is 0 Å². The third kappa shape index (κ3) is 3.18. The van der Waals surface area contributed by atoms with E-state index in [0.29, 0.717) is 12.1 Å². The number of likely N-dealkylation sites (tertiary alicyclic amines) is 1. The molecule has 0 saturated carbocycles. The number of hydrogen-bond donors (Lipinski definition) is 1. The molecule has 1 N–H and O–H groups in total. The highest BCUT2D eigenvalue weighted by Crippen LogP contribution is 2.38. The summed E-state index contributed by atoms with van der Waals surface area (Å²) >= 11 is 0. The standard InChI is InChI=1S/C17H28N2/c1-13(2)19-11-7-9-15(12-18-4)17(19)16-10-6-5-8-14(16)3/h5-6,8,10,13,15,17-18H,7,9,11-12H2,1-4H3. The molecule has 1 saturated heterocycles. The average Bonchev–Trinajstić information content (AvgIpc) is 2.40. The zero-order valence-electron chi connectivity index (χ0n) is 12.8. The van der Waals surface area contributed by atoms with Crippen molar-refractivity contribution in [1.29, 1.82) is 0 Å². The lowest BCUT2D eigenvalue weighted by Gasteiger charge is -2.44. The van der Waals surface area contributed by atoms with E-state index in [1.165, 1.54) is 30.5 Å². The Morgan fingerprint density at radius 1 is 1.32 bits per heavy atom. The summed E-state index contributed by atoms with van der Waals surface area (Å²) in [6.45, 7) is 9.25. The highest BCUT2D eigenvalue weighted by Gasteiger charge is 2.34. The minimum absolute atomic E-state index is 0.572. The van der Waals surface area contributed by atoms with Gasteiger partial charge in [-0.25, -0.2) is 0 Å². The van der Waals surface area contributed by atoms with E-state index in [1.807, 2.05) is 0 Å². The number of nitrogens with zero attached hydrogens (tertiary/aromatic N) is 1. The van der Waals surface area contributed by atoms with E-state index in [2.05, 4.69) is 62.3 Å². The van der Waals surface area contributed by atoms with Crippen molar-refractivity contribution in [3.63, 3.8) is 0 Å². The van der Waals surface area contributed by atoms with Crippen LogP contribution in [0, 0.1) is 12.8 Å². The molecule has 2 nitrogen and oxygen atoms in total. The topological polar surface area (TPSA) is 15.3 Å². The van der Waals surface area contributed by atoms with Crippen LogP contribution in [0.3, 0.4) is 0 Å². The van der Waals surface area contributed by atoms with E-state index in [1.54, 1.807) is 0 Å². The Hall–Kier alpha value is -0.860. The van der Waals surface area contributed by atoms with Crippen molar-refractivity contribution in [1.82, 2.24) is 10.2 Å². The summed E-state index contributed by atoms with van der Waals surface area (Å²) in [6.07, 6.45) is 2.66. The molecule has 1 heterocycles. The summed E-state index contributed by atoms with van der Waals surface area (Å²) < 4.78 is 0. The fourth-order valence-electron chi connectivity index (χ4n) is 3.51. The van der Waals surface area contributed by atoms with Gasteiger partial charge in [-0.3, -0.25) is 4.90 Å². The Balaban J connectivity index is 2.34. The molecule has 0 radical (unpaired) electrons. The molecule has 1 fully saturated rings. The molecule has 106 valence electrons. The second-order valence-corrected chi connectivity index (χ2v) is 6.09. The quantitative estimate of drug-likeness (QED) is 0.893. The van der Waals surface area contributed by atoms with Crippen molar-refractivity contribution >= 4 is 0 Å². The van der Waals surface area contributed by atoms with Gasteiger partial charge in [-0.2, -0.15) is 0 Å². The van der Waals surface area contributed by atoms with Crippen LogP contribution in [0.2, 0.25) is 0 Å². The lowest BCUT2D eigenvalue weighted by atomic mass is 9.82. The highest BCUT2D eigenvalue weighted by atomic mass is 15.2. The summed E-state index contributed by atoms with van der Waals surface area (Å²) in [5.74, 6) is 0.724. The number of rotatable bonds is 4. The molecule has 2 heteroatoms. The van der Waals surface area contributed by atoms with Gasteiger partial charge in [0.25, 0.3) is 0 Å². The number of piperidine rings is 1. The monoisotopic (exact) mass is 260 g/mol. The minimum Gasteiger partial charge on any atom is -0.319 e. The maximum absolute atomic E-state index is 3.39. The first-order valence-electron chi connectivity index (χ1n) is 7.61. The van der Waals surface area contributed by atoms with Crippen molar-refractivity contribution in [2.75, 3.05) is 20.1 Å². The number of nitrogens with one attached hydrogen (secondary N) is 1. The molecular formula is C17H28N2. The lowest BCUT2D eigenvalue weighted by molar-refractivity contribution is 0.0632. The molecule has 1 aromatic rings. The largest absolute Gasteiger partial charge is 0.319 e. The lowest BCUT2D eigenvalue weighted by Crippen LogP contribution is -2.45. The first-order valence-corrected chi connectivity index (χ1v) is 7.61. The van der Waals surface area contributed by atoms with Crippen LogP contribution in [0.15, 0.2) is 24.3 Å². The SMILES string of the molecule is CNCC1CCCN(C(C)C)C1c1ccccc1C. The van der Waals surface area contributed by atoms with Crippen molar-refractivity contribution in [3.05, 3.63) is 35.4 Å². The molecule has 0 aromatic heterocycles. The zero-order chi connectivity index (χ0) is 13.8. The Labute approximate surface area is 118 Å². The predicted octanol–water partition coefficient (Wildman–Crippen LogP) is 3.38. The Bertz CT molecular complexity index is 398. The number of aryl methyl sites for hydroxylation is 1. The molecule has 1 aromatic carbocycles. The fraction of sp³-hybridized carbons (Fsp3) is 0.647. The van der Waals surface area contributed by atoms with Gasteiger partial charge < -0.3 is 5.32 Å². The van der Waals surface area contributed by atoms with E-state index in [9.17, 15) is 0 Å². The second kappa shape index (κ2) is 6.53. The van der Waals surface area contributed by atoms with Crippen LogP contribution in [0.25, 0.3) is 0 Å². The molecule has 0 aliphatic carbocycles. The van der Waals surface area contributed by atoms with Crippen molar-refractivity contribution in [2.24, 2.45) is 5.92 Å². The van der Waals surface area contributed by atoms with Crippen LogP contribution >= 0.6 is 0 Å². The molecule has 2 atom stereocenters. The average molecular weight is 260 g/mol. The van der Waals surface area contributed by atoms with Gasteiger partial charge in [-0.15, -0.1) is 0 Å².